The molecule has 14 heavy (non-hydrogen) atoms. The van der Waals surface area contributed by atoms with E-state index in [-0.39, 0.29) is 12.4 Å². The predicted molar refractivity (Wildman–Crippen MR) is 52.0 cm³/mol. The molecule has 0 bridgehead atoms. The van der Waals surface area contributed by atoms with Crippen LogP contribution in [0.5, 0.6) is 0 Å². The summed E-state index contributed by atoms with van der Waals surface area (Å²) in [5.41, 5.74) is 6.05. The van der Waals surface area contributed by atoms with Gasteiger partial charge in [-0.25, -0.2) is 0 Å². The lowest BCUT2D eigenvalue weighted by Gasteiger charge is -2.25. The van der Waals surface area contributed by atoms with E-state index < -0.39 is 0 Å². The van der Waals surface area contributed by atoms with E-state index >= 15 is 0 Å². The molecule has 0 amide bonds. The SMILES string of the molecule is CC(OC1CCCCO1)C(N)=CC#N. The molecule has 2 atom stereocenters. The highest BCUT2D eigenvalue weighted by atomic mass is 16.7. The zero-order chi connectivity index (χ0) is 10.4. The average molecular weight is 196 g/mol. The van der Waals surface area contributed by atoms with E-state index in [4.69, 9.17) is 20.5 Å². The predicted octanol–water partition coefficient (Wildman–Crippen LogP) is 1.28. The van der Waals surface area contributed by atoms with Gasteiger partial charge >= 0.3 is 0 Å². The molecule has 0 aromatic heterocycles. The van der Waals surface area contributed by atoms with Crippen LogP contribution < -0.4 is 5.73 Å². The fourth-order valence-electron chi connectivity index (χ4n) is 1.32. The summed E-state index contributed by atoms with van der Waals surface area (Å²) < 4.78 is 10.9. The average Bonchev–Trinajstić information content (AvgIpc) is 2.19. The number of rotatable bonds is 3. The molecule has 1 fully saturated rings. The summed E-state index contributed by atoms with van der Waals surface area (Å²) in [6, 6.07) is 1.88. The second kappa shape index (κ2) is 5.63. The van der Waals surface area contributed by atoms with Gasteiger partial charge < -0.3 is 15.2 Å². The molecule has 0 saturated carbocycles. The monoisotopic (exact) mass is 196 g/mol. The van der Waals surface area contributed by atoms with E-state index in [0.29, 0.717) is 5.70 Å². The maximum Gasteiger partial charge on any atom is 0.158 e. The quantitative estimate of drug-likeness (QED) is 0.690. The Hall–Kier alpha value is -1.05. The van der Waals surface area contributed by atoms with E-state index in [1.54, 1.807) is 0 Å². The number of nitriles is 1. The highest BCUT2D eigenvalue weighted by Gasteiger charge is 2.18. The van der Waals surface area contributed by atoms with Crippen LogP contribution in [0.1, 0.15) is 26.2 Å². The second-order valence-corrected chi connectivity index (χ2v) is 3.35. The molecular weight excluding hydrogens is 180 g/mol. The molecular formula is C10H16N2O2. The van der Waals surface area contributed by atoms with Gasteiger partial charge in [0.2, 0.25) is 0 Å². The van der Waals surface area contributed by atoms with Crippen molar-refractivity contribution < 1.29 is 9.47 Å². The number of hydrogen-bond donors (Lipinski definition) is 1. The molecule has 2 N–H and O–H groups in total. The highest BCUT2D eigenvalue weighted by Crippen LogP contribution is 2.16. The molecule has 2 unspecified atom stereocenters. The van der Waals surface area contributed by atoms with Crippen LogP contribution in [0.4, 0.5) is 0 Å². The summed E-state index contributed by atoms with van der Waals surface area (Å²) in [6.07, 6.45) is 4.01. The number of nitrogens with zero attached hydrogens (tertiary/aromatic N) is 1. The lowest BCUT2D eigenvalue weighted by atomic mass is 10.2. The van der Waals surface area contributed by atoms with Gasteiger partial charge in [-0.05, 0) is 26.2 Å². The van der Waals surface area contributed by atoms with E-state index in [1.165, 1.54) is 6.08 Å². The molecule has 0 aliphatic carbocycles. The fourth-order valence-corrected chi connectivity index (χ4v) is 1.32. The molecule has 1 aliphatic heterocycles. The Bertz CT molecular complexity index is 239. The lowest BCUT2D eigenvalue weighted by Crippen LogP contribution is -2.29. The maximum absolute atomic E-state index is 8.40. The second-order valence-electron chi connectivity index (χ2n) is 3.35. The molecule has 1 rings (SSSR count). The van der Waals surface area contributed by atoms with Gasteiger partial charge in [-0.2, -0.15) is 5.26 Å². The van der Waals surface area contributed by atoms with Gasteiger partial charge in [0.1, 0.15) is 0 Å². The van der Waals surface area contributed by atoms with Crippen LogP contribution in [-0.2, 0) is 9.47 Å². The van der Waals surface area contributed by atoms with E-state index in [0.717, 1.165) is 25.9 Å². The largest absolute Gasteiger partial charge is 0.399 e. The van der Waals surface area contributed by atoms with Gasteiger partial charge in [-0.1, -0.05) is 0 Å². The number of nitrogens with two attached hydrogens (primary N) is 1. The van der Waals surface area contributed by atoms with Gasteiger partial charge in [-0.15, -0.1) is 0 Å². The van der Waals surface area contributed by atoms with Crippen molar-refractivity contribution >= 4 is 0 Å². The first-order valence-electron chi connectivity index (χ1n) is 4.86. The number of hydrogen-bond acceptors (Lipinski definition) is 4. The van der Waals surface area contributed by atoms with Crippen molar-refractivity contribution in [1.29, 1.82) is 5.26 Å². The van der Waals surface area contributed by atoms with Gasteiger partial charge in [0.05, 0.1) is 12.2 Å². The maximum atomic E-state index is 8.40. The number of allylic oxidation sites excluding steroid dienone is 1. The van der Waals surface area contributed by atoms with Crippen molar-refractivity contribution in [2.75, 3.05) is 6.61 Å². The van der Waals surface area contributed by atoms with Crippen LogP contribution in [0, 0.1) is 11.3 Å². The smallest absolute Gasteiger partial charge is 0.158 e. The summed E-state index contributed by atoms with van der Waals surface area (Å²) in [5, 5.41) is 8.40. The van der Waals surface area contributed by atoms with Crippen molar-refractivity contribution in [3.63, 3.8) is 0 Å². The minimum Gasteiger partial charge on any atom is -0.399 e. The summed E-state index contributed by atoms with van der Waals surface area (Å²) in [5.74, 6) is 0. The Kier molecular flexibility index (Phi) is 4.44. The Labute approximate surface area is 84.3 Å². The first-order chi connectivity index (χ1) is 6.74. The highest BCUT2D eigenvalue weighted by molar-refractivity contribution is 5.13. The first-order valence-corrected chi connectivity index (χ1v) is 4.86. The van der Waals surface area contributed by atoms with Crippen molar-refractivity contribution in [2.24, 2.45) is 5.73 Å². The van der Waals surface area contributed by atoms with Crippen molar-refractivity contribution in [2.45, 2.75) is 38.6 Å². The molecule has 1 saturated heterocycles. The van der Waals surface area contributed by atoms with E-state index in [1.807, 2.05) is 13.0 Å². The standard InChI is InChI=1S/C10H16N2O2/c1-8(9(12)5-6-11)14-10-4-2-3-7-13-10/h5,8,10H,2-4,7,12H2,1H3. The molecule has 1 heterocycles. The molecule has 0 aromatic carbocycles. The van der Waals surface area contributed by atoms with Crippen LogP contribution in [0.2, 0.25) is 0 Å². The number of ether oxygens (including phenoxy) is 2. The van der Waals surface area contributed by atoms with Gasteiger partial charge in [0, 0.05) is 18.4 Å². The molecule has 78 valence electrons. The van der Waals surface area contributed by atoms with Crippen LogP contribution in [0.3, 0.4) is 0 Å². The van der Waals surface area contributed by atoms with Gasteiger partial charge in [-0.3, -0.25) is 0 Å². The first kappa shape index (κ1) is 11.0. The Morgan fingerprint density at radius 3 is 3.07 bits per heavy atom. The summed E-state index contributed by atoms with van der Waals surface area (Å²) in [7, 11) is 0. The molecule has 4 nitrogen and oxygen atoms in total. The summed E-state index contributed by atoms with van der Waals surface area (Å²) in [4.78, 5) is 0. The third kappa shape index (κ3) is 3.36. The van der Waals surface area contributed by atoms with Crippen molar-refractivity contribution in [1.82, 2.24) is 0 Å². The van der Waals surface area contributed by atoms with Crippen LogP contribution in [0.15, 0.2) is 11.8 Å². The topological polar surface area (TPSA) is 68.3 Å². The minimum absolute atomic E-state index is 0.163. The molecule has 1 aliphatic rings. The molecule has 0 aromatic rings. The van der Waals surface area contributed by atoms with Crippen molar-refractivity contribution in [3.8, 4) is 6.07 Å². The third-order valence-corrected chi connectivity index (χ3v) is 2.19. The Morgan fingerprint density at radius 1 is 1.71 bits per heavy atom. The van der Waals surface area contributed by atoms with Gasteiger partial charge in [0.25, 0.3) is 0 Å². The van der Waals surface area contributed by atoms with Crippen LogP contribution >= 0.6 is 0 Å². The lowest BCUT2D eigenvalue weighted by molar-refractivity contribution is -0.177. The van der Waals surface area contributed by atoms with Crippen LogP contribution in [-0.4, -0.2) is 19.0 Å². The molecule has 0 radical (unpaired) electrons. The third-order valence-electron chi connectivity index (χ3n) is 2.19. The van der Waals surface area contributed by atoms with Crippen LogP contribution in [0.25, 0.3) is 0 Å². The van der Waals surface area contributed by atoms with E-state index in [2.05, 4.69) is 0 Å². The zero-order valence-corrected chi connectivity index (χ0v) is 8.40. The van der Waals surface area contributed by atoms with Gasteiger partial charge in [0.15, 0.2) is 6.29 Å². The fraction of sp³-hybridized carbons (Fsp3) is 0.700. The molecule has 0 spiro atoms. The molecule has 4 heteroatoms. The minimum atomic E-state index is -0.252. The zero-order valence-electron chi connectivity index (χ0n) is 8.40. The Morgan fingerprint density at radius 2 is 2.50 bits per heavy atom. The normalized spacial score (nSPS) is 25.4. The summed E-state index contributed by atoms with van der Waals surface area (Å²) in [6.45, 7) is 2.57. The van der Waals surface area contributed by atoms with Crippen molar-refractivity contribution in [3.05, 3.63) is 11.8 Å². The Balaban J connectivity index is 2.35. The summed E-state index contributed by atoms with van der Waals surface area (Å²) >= 11 is 0. The van der Waals surface area contributed by atoms with E-state index in [9.17, 15) is 0 Å².